The molecule has 0 bridgehead atoms. The van der Waals surface area contributed by atoms with Crippen LogP contribution in [-0.4, -0.2) is 29.2 Å². The minimum atomic E-state index is -0.302. The van der Waals surface area contributed by atoms with Crippen molar-refractivity contribution in [2.45, 2.75) is 19.2 Å². The van der Waals surface area contributed by atoms with Crippen molar-refractivity contribution in [1.29, 1.82) is 0 Å². The Morgan fingerprint density at radius 1 is 1.53 bits per heavy atom. The van der Waals surface area contributed by atoms with Crippen molar-refractivity contribution in [2.75, 3.05) is 18.4 Å². The maximum atomic E-state index is 10.5. The molecule has 0 radical (unpaired) electrons. The number of hydrogen-bond donors (Lipinski definition) is 2. The molecule has 0 aliphatic carbocycles. The highest BCUT2D eigenvalue weighted by atomic mass is 35.5. The van der Waals surface area contributed by atoms with Gasteiger partial charge in [0.1, 0.15) is 5.38 Å². The van der Waals surface area contributed by atoms with Gasteiger partial charge in [-0.15, -0.1) is 16.7 Å². The van der Waals surface area contributed by atoms with Gasteiger partial charge in [-0.2, -0.15) is 0 Å². The number of carbonyl (C=O) groups excluding carboxylic acids is 1. The number of nitrogens with one attached hydrogen (secondary N) is 2. The van der Waals surface area contributed by atoms with Crippen molar-refractivity contribution in [3.05, 3.63) is 5.89 Å². The molecule has 1 aromatic heterocycles. The summed E-state index contributed by atoms with van der Waals surface area (Å²) in [6, 6.07) is 0.308. The highest BCUT2D eigenvalue weighted by Crippen LogP contribution is 2.18. The minimum Gasteiger partial charge on any atom is -0.407 e. The molecule has 1 heterocycles. The Bertz CT molecular complexity index is 326. The molecule has 6 nitrogen and oxygen atoms in total. The van der Waals surface area contributed by atoms with Crippen LogP contribution < -0.4 is 10.6 Å². The Morgan fingerprint density at radius 2 is 2.27 bits per heavy atom. The van der Waals surface area contributed by atoms with Gasteiger partial charge in [0.15, 0.2) is 0 Å². The number of nitrogens with zero attached hydrogens (tertiary/aromatic N) is 2. The lowest BCUT2D eigenvalue weighted by molar-refractivity contribution is -0.118. The van der Waals surface area contributed by atoms with Crippen LogP contribution >= 0.6 is 11.6 Å². The third-order valence-electron chi connectivity index (χ3n) is 1.56. The maximum absolute atomic E-state index is 10.5. The molecule has 1 atom stereocenters. The number of amides is 1. The van der Waals surface area contributed by atoms with E-state index in [1.807, 2.05) is 0 Å². The fourth-order valence-electron chi connectivity index (χ4n) is 0.875. The van der Waals surface area contributed by atoms with E-state index in [4.69, 9.17) is 16.0 Å². The summed E-state index contributed by atoms with van der Waals surface area (Å²) in [5.41, 5.74) is 0. The van der Waals surface area contributed by atoms with E-state index in [2.05, 4.69) is 20.8 Å². The van der Waals surface area contributed by atoms with Gasteiger partial charge in [-0.3, -0.25) is 4.79 Å². The lowest BCUT2D eigenvalue weighted by Gasteiger charge is -2.01. The van der Waals surface area contributed by atoms with Crippen LogP contribution in [-0.2, 0) is 4.79 Å². The van der Waals surface area contributed by atoms with Crippen molar-refractivity contribution in [3.63, 3.8) is 0 Å². The van der Waals surface area contributed by atoms with Crippen LogP contribution in [0.4, 0.5) is 6.01 Å². The molecule has 0 saturated heterocycles. The molecule has 0 aliphatic heterocycles. The van der Waals surface area contributed by atoms with Crippen molar-refractivity contribution >= 4 is 23.5 Å². The molecule has 7 heteroatoms. The molecule has 0 aliphatic rings. The van der Waals surface area contributed by atoms with E-state index in [0.717, 1.165) is 0 Å². The quantitative estimate of drug-likeness (QED) is 0.583. The Hall–Kier alpha value is -1.30. The first kappa shape index (κ1) is 11.8. The van der Waals surface area contributed by atoms with E-state index in [9.17, 15) is 4.79 Å². The molecular weight excluding hydrogens is 220 g/mol. The second-order valence-electron chi connectivity index (χ2n) is 2.97. The van der Waals surface area contributed by atoms with E-state index < -0.39 is 0 Å². The lowest BCUT2D eigenvalue weighted by atomic mass is 10.5. The number of anilines is 1. The average molecular weight is 233 g/mol. The number of halogens is 1. The fraction of sp³-hybridized carbons (Fsp3) is 0.625. The zero-order chi connectivity index (χ0) is 11.3. The number of rotatable bonds is 5. The summed E-state index contributed by atoms with van der Waals surface area (Å²) in [4.78, 5) is 10.5. The number of aromatic nitrogens is 2. The monoisotopic (exact) mass is 232 g/mol. The van der Waals surface area contributed by atoms with Gasteiger partial charge in [-0.25, -0.2) is 0 Å². The molecule has 0 saturated carbocycles. The molecule has 15 heavy (non-hydrogen) atoms. The van der Waals surface area contributed by atoms with Crippen LogP contribution in [0.2, 0.25) is 0 Å². The Balaban J connectivity index is 2.28. The standard InChI is InChI=1S/C8H13ClN4O2/c1-5(9)7-12-13-8(15-7)11-4-3-10-6(2)14/h5H,3-4H2,1-2H3,(H,10,14)(H,11,13). The first-order valence-corrected chi connectivity index (χ1v) is 4.99. The van der Waals surface area contributed by atoms with Gasteiger partial charge in [0, 0.05) is 20.0 Å². The SMILES string of the molecule is CC(=O)NCCNc1nnc(C(C)Cl)o1. The molecule has 1 amide bonds. The molecule has 0 aromatic carbocycles. The normalized spacial score (nSPS) is 12.2. The third kappa shape index (κ3) is 4.16. The number of hydrogen-bond acceptors (Lipinski definition) is 5. The van der Waals surface area contributed by atoms with Gasteiger partial charge in [-0.05, 0) is 6.92 Å². The molecule has 2 N–H and O–H groups in total. The topological polar surface area (TPSA) is 80.0 Å². The smallest absolute Gasteiger partial charge is 0.315 e. The summed E-state index contributed by atoms with van der Waals surface area (Å²) in [7, 11) is 0. The summed E-state index contributed by atoms with van der Waals surface area (Å²) >= 11 is 5.74. The van der Waals surface area contributed by atoms with Crippen LogP contribution in [0.15, 0.2) is 4.42 Å². The molecular formula is C8H13ClN4O2. The molecule has 0 fully saturated rings. The number of carbonyl (C=O) groups is 1. The van der Waals surface area contributed by atoms with Gasteiger partial charge in [0.25, 0.3) is 0 Å². The first-order chi connectivity index (χ1) is 7.09. The summed E-state index contributed by atoms with van der Waals surface area (Å²) in [6.07, 6.45) is 0. The van der Waals surface area contributed by atoms with E-state index >= 15 is 0 Å². The fourth-order valence-corrected chi connectivity index (χ4v) is 0.963. The van der Waals surface area contributed by atoms with Crippen molar-refractivity contribution < 1.29 is 9.21 Å². The van der Waals surface area contributed by atoms with E-state index in [1.54, 1.807) is 6.92 Å². The van der Waals surface area contributed by atoms with Crippen molar-refractivity contribution in [1.82, 2.24) is 15.5 Å². The molecule has 84 valence electrons. The van der Waals surface area contributed by atoms with Gasteiger partial charge >= 0.3 is 6.01 Å². The second-order valence-corrected chi connectivity index (χ2v) is 3.63. The Morgan fingerprint density at radius 3 is 2.80 bits per heavy atom. The summed E-state index contributed by atoms with van der Waals surface area (Å²) in [6.45, 7) is 4.23. The van der Waals surface area contributed by atoms with Crippen LogP contribution in [0.25, 0.3) is 0 Å². The molecule has 1 unspecified atom stereocenters. The average Bonchev–Trinajstić information content (AvgIpc) is 2.60. The third-order valence-corrected chi connectivity index (χ3v) is 1.74. The second kappa shape index (κ2) is 5.55. The highest BCUT2D eigenvalue weighted by Gasteiger charge is 2.10. The Kier molecular flexibility index (Phi) is 4.36. The maximum Gasteiger partial charge on any atom is 0.315 e. The zero-order valence-corrected chi connectivity index (χ0v) is 9.34. The lowest BCUT2D eigenvalue weighted by Crippen LogP contribution is -2.26. The van der Waals surface area contributed by atoms with E-state index in [0.29, 0.717) is 25.0 Å². The van der Waals surface area contributed by atoms with Gasteiger partial charge in [0.05, 0.1) is 0 Å². The highest BCUT2D eigenvalue weighted by molar-refractivity contribution is 6.20. The van der Waals surface area contributed by atoms with Crippen LogP contribution in [0, 0.1) is 0 Å². The van der Waals surface area contributed by atoms with Crippen LogP contribution in [0.5, 0.6) is 0 Å². The molecule has 1 aromatic rings. The minimum absolute atomic E-state index is 0.0719. The zero-order valence-electron chi connectivity index (χ0n) is 8.58. The van der Waals surface area contributed by atoms with E-state index in [-0.39, 0.29) is 11.3 Å². The summed E-state index contributed by atoms with van der Waals surface area (Å²) in [5.74, 6) is 0.302. The van der Waals surface area contributed by atoms with Gasteiger partial charge in [-0.1, -0.05) is 5.10 Å². The predicted molar refractivity (Wildman–Crippen MR) is 55.7 cm³/mol. The van der Waals surface area contributed by atoms with Gasteiger partial charge in [0.2, 0.25) is 11.8 Å². The van der Waals surface area contributed by atoms with Crippen molar-refractivity contribution in [2.24, 2.45) is 0 Å². The van der Waals surface area contributed by atoms with Crippen molar-refractivity contribution in [3.8, 4) is 0 Å². The predicted octanol–water partition coefficient (Wildman–Crippen LogP) is 0.917. The van der Waals surface area contributed by atoms with Crippen LogP contribution in [0.1, 0.15) is 25.1 Å². The largest absolute Gasteiger partial charge is 0.407 e. The van der Waals surface area contributed by atoms with Crippen LogP contribution in [0.3, 0.4) is 0 Å². The number of alkyl halides is 1. The summed E-state index contributed by atoms with van der Waals surface area (Å²) in [5, 5.41) is 12.6. The Labute approximate surface area is 92.4 Å². The van der Waals surface area contributed by atoms with Gasteiger partial charge < -0.3 is 15.1 Å². The van der Waals surface area contributed by atoms with E-state index in [1.165, 1.54) is 6.92 Å². The molecule has 0 spiro atoms. The molecule has 1 rings (SSSR count). The summed E-state index contributed by atoms with van der Waals surface area (Å²) < 4.78 is 5.17. The first-order valence-electron chi connectivity index (χ1n) is 4.55.